The van der Waals surface area contributed by atoms with E-state index >= 15 is 0 Å². The summed E-state index contributed by atoms with van der Waals surface area (Å²) in [5.74, 6) is 0.974. The molecule has 0 aromatic carbocycles. The molecular formula is C13H18ClN3O. The molecule has 4 nitrogen and oxygen atoms in total. The van der Waals surface area contributed by atoms with Gasteiger partial charge in [0.15, 0.2) is 5.15 Å². The van der Waals surface area contributed by atoms with Gasteiger partial charge in [0.05, 0.1) is 18.2 Å². The lowest BCUT2D eigenvalue weighted by Crippen LogP contribution is -2.12. The highest BCUT2D eigenvalue weighted by atomic mass is 35.5. The van der Waals surface area contributed by atoms with Gasteiger partial charge in [-0.1, -0.05) is 24.9 Å². The Labute approximate surface area is 112 Å². The number of rotatable bonds is 7. The molecule has 0 amide bonds. The summed E-state index contributed by atoms with van der Waals surface area (Å²) >= 11 is 6.08. The van der Waals surface area contributed by atoms with Crippen molar-refractivity contribution in [3.05, 3.63) is 40.8 Å². The van der Waals surface area contributed by atoms with Crippen molar-refractivity contribution in [1.82, 2.24) is 15.3 Å². The summed E-state index contributed by atoms with van der Waals surface area (Å²) in [6.45, 7) is 3.61. The van der Waals surface area contributed by atoms with Crippen LogP contribution in [0.5, 0.6) is 0 Å². The first-order valence-corrected chi connectivity index (χ1v) is 6.62. The number of aromatic amines is 1. The number of nitrogens with one attached hydrogen (secondary N) is 2. The van der Waals surface area contributed by atoms with Crippen LogP contribution in [0.3, 0.4) is 0 Å². The van der Waals surface area contributed by atoms with Crippen LogP contribution < -0.4 is 5.32 Å². The van der Waals surface area contributed by atoms with Gasteiger partial charge in [-0.05, 0) is 12.5 Å². The van der Waals surface area contributed by atoms with Crippen molar-refractivity contribution >= 4 is 11.6 Å². The number of furan rings is 1. The Bertz CT molecular complexity index is 465. The number of halogens is 1. The van der Waals surface area contributed by atoms with Gasteiger partial charge in [-0.2, -0.15) is 0 Å². The molecule has 0 aliphatic rings. The molecule has 98 valence electrons. The highest BCUT2D eigenvalue weighted by Gasteiger charge is 2.07. The second kappa shape index (κ2) is 6.61. The first kappa shape index (κ1) is 13.2. The monoisotopic (exact) mass is 267 g/mol. The van der Waals surface area contributed by atoms with Crippen LogP contribution >= 0.6 is 11.6 Å². The van der Waals surface area contributed by atoms with Crippen LogP contribution in [-0.4, -0.2) is 9.97 Å². The molecule has 0 spiro atoms. The lowest BCUT2D eigenvalue weighted by atomic mass is 10.2. The largest absolute Gasteiger partial charge is 0.472 e. The molecule has 2 N–H and O–H groups in total. The summed E-state index contributed by atoms with van der Waals surface area (Å²) in [5, 5.41) is 3.87. The zero-order chi connectivity index (χ0) is 12.8. The standard InChI is InChI=1S/C13H18ClN3O/c1-2-3-4-12-16-11(13(14)17-12)8-15-7-10-5-6-18-9-10/h5-6,9,15H,2-4,7-8H2,1H3,(H,16,17). The summed E-state index contributed by atoms with van der Waals surface area (Å²) in [4.78, 5) is 7.58. The summed E-state index contributed by atoms with van der Waals surface area (Å²) in [6.07, 6.45) is 6.65. The Kier molecular flexibility index (Phi) is 4.84. The summed E-state index contributed by atoms with van der Waals surface area (Å²) < 4.78 is 5.00. The third kappa shape index (κ3) is 3.62. The fraction of sp³-hybridized carbons (Fsp3) is 0.462. The normalized spacial score (nSPS) is 11.0. The molecule has 0 radical (unpaired) electrons. The highest BCUT2D eigenvalue weighted by molar-refractivity contribution is 6.30. The van der Waals surface area contributed by atoms with Gasteiger partial charge < -0.3 is 14.7 Å². The van der Waals surface area contributed by atoms with E-state index < -0.39 is 0 Å². The quantitative estimate of drug-likeness (QED) is 0.809. The molecule has 0 atom stereocenters. The second-order valence-corrected chi connectivity index (χ2v) is 4.65. The fourth-order valence-corrected chi connectivity index (χ4v) is 1.96. The molecule has 2 aromatic heterocycles. The zero-order valence-electron chi connectivity index (χ0n) is 10.5. The minimum Gasteiger partial charge on any atom is -0.472 e. The molecule has 2 aromatic rings. The molecule has 0 bridgehead atoms. The first-order valence-electron chi connectivity index (χ1n) is 6.24. The Morgan fingerprint density at radius 2 is 2.33 bits per heavy atom. The van der Waals surface area contributed by atoms with E-state index in [9.17, 15) is 0 Å². The molecular weight excluding hydrogens is 250 g/mol. The molecule has 0 aliphatic heterocycles. The average Bonchev–Trinajstić information content (AvgIpc) is 2.98. The predicted octanol–water partition coefficient (Wildman–Crippen LogP) is 3.29. The number of nitrogens with zero attached hydrogens (tertiary/aromatic N) is 1. The molecule has 0 aliphatic carbocycles. The van der Waals surface area contributed by atoms with Crippen LogP contribution in [0.25, 0.3) is 0 Å². The topological polar surface area (TPSA) is 53.9 Å². The summed E-state index contributed by atoms with van der Waals surface area (Å²) in [6, 6.07) is 1.94. The Hall–Kier alpha value is -1.26. The lowest BCUT2D eigenvalue weighted by molar-refractivity contribution is 0.560. The third-order valence-electron chi connectivity index (χ3n) is 2.76. The molecule has 0 saturated carbocycles. The van der Waals surface area contributed by atoms with E-state index in [0.29, 0.717) is 11.7 Å². The maximum absolute atomic E-state index is 6.08. The van der Waals surface area contributed by atoms with E-state index in [1.807, 2.05) is 6.07 Å². The Morgan fingerprint density at radius 3 is 3.06 bits per heavy atom. The van der Waals surface area contributed by atoms with Gasteiger partial charge in [0.1, 0.15) is 5.82 Å². The minimum atomic E-state index is 0.570. The van der Waals surface area contributed by atoms with Crippen LogP contribution in [0.2, 0.25) is 5.15 Å². The van der Waals surface area contributed by atoms with E-state index in [1.165, 1.54) is 0 Å². The van der Waals surface area contributed by atoms with E-state index in [1.54, 1.807) is 12.5 Å². The lowest BCUT2D eigenvalue weighted by Gasteiger charge is -2.00. The number of H-pyrrole nitrogens is 1. The summed E-state index contributed by atoms with van der Waals surface area (Å²) in [7, 11) is 0. The fourth-order valence-electron chi connectivity index (χ4n) is 1.74. The van der Waals surface area contributed by atoms with E-state index in [-0.39, 0.29) is 0 Å². The maximum atomic E-state index is 6.08. The van der Waals surface area contributed by atoms with E-state index in [2.05, 4.69) is 22.2 Å². The van der Waals surface area contributed by atoms with Crippen molar-refractivity contribution < 1.29 is 4.42 Å². The van der Waals surface area contributed by atoms with Crippen LogP contribution in [0.4, 0.5) is 0 Å². The zero-order valence-corrected chi connectivity index (χ0v) is 11.3. The highest BCUT2D eigenvalue weighted by Crippen LogP contribution is 2.14. The average molecular weight is 268 g/mol. The smallest absolute Gasteiger partial charge is 0.151 e. The molecule has 0 fully saturated rings. The minimum absolute atomic E-state index is 0.570. The van der Waals surface area contributed by atoms with Gasteiger partial charge in [-0.25, -0.2) is 4.98 Å². The molecule has 5 heteroatoms. The van der Waals surface area contributed by atoms with Crippen LogP contribution in [0.15, 0.2) is 23.0 Å². The number of hydrogen-bond acceptors (Lipinski definition) is 3. The van der Waals surface area contributed by atoms with Crippen LogP contribution in [0, 0.1) is 0 Å². The van der Waals surface area contributed by atoms with Crippen LogP contribution in [0.1, 0.15) is 36.8 Å². The van der Waals surface area contributed by atoms with E-state index in [4.69, 9.17) is 16.0 Å². The van der Waals surface area contributed by atoms with Gasteiger partial charge in [0, 0.05) is 25.1 Å². The molecule has 0 saturated heterocycles. The van der Waals surface area contributed by atoms with Gasteiger partial charge >= 0.3 is 0 Å². The van der Waals surface area contributed by atoms with E-state index in [0.717, 1.165) is 42.9 Å². The number of hydrogen-bond donors (Lipinski definition) is 2. The molecule has 0 unspecified atom stereocenters. The number of aromatic nitrogens is 2. The van der Waals surface area contributed by atoms with Crippen LogP contribution in [-0.2, 0) is 19.5 Å². The molecule has 18 heavy (non-hydrogen) atoms. The predicted molar refractivity (Wildman–Crippen MR) is 71.5 cm³/mol. The maximum Gasteiger partial charge on any atom is 0.151 e. The van der Waals surface area contributed by atoms with Crippen molar-refractivity contribution in [2.45, 2.75) is 39.3 Å². The number of aryl methyl sites for hydroxylation is 1. The van der Waals surface area contributed by atoms with Gasteiger partial charge in [-0.3, -0.25) is 0 Å². The van der Waals surface area contributed by atoms with Crippen molar-refractivity contribution in [3.63, 3.8) is 0 Å². The van der Waals surface area contributed by atoms with Crippen molar-refractivity contribution in [1.29, 1.82) is 0 Å². The van der Waals surface area contributed by atoms with Crippen molar-refractivity contribution in [3.8, 4) is 0 Å². The Morgan fingerprint density at radius 1 is 1.44 bits per heavy atom. The Balaban J connectivity index is 1.83. The molecule has 2 heterocycles. The van der Waals surface area contributed by atoms with Gasteiger partial charge in [0.2, 0.25) is 0 Å². The van der Waals surface area contributed by atoms with Gasteiger partial charge in [0.25, 0.3) is 0 Å². The second-order valence-electron chi connectivity index (χ2n) is 4.29. The SMILES string of the molecule is CCCCc1nc(Cl)c(CNCc2ccoc2)[nH]1. The van der Waals surface area contributed by atoms with Gasteiger partial charge in [-0.15, -0.1) is 0 Å². The number of imidazole rings is 1. The third-order valence-corrected chi connectivity index (χ3v) is 3.07. The first-order chi connectivity index (χ1) is 8.79. The molecule has 2 rings (SSSR count). The number of unbranched alkanes of at least 4 members (excludes halogenated alkanes) is 1. The van der Waals surface area contributed by atoms with Crippen molar-refractivity contribution in [2.24, 2.45) is 0 Å². The summed E-state index contributed by atoms with van der Waals surface area (Å²) in [5.41, 5.74) is 2.07. The van der Waals surface area contributed by atoms with Crippen molar-refractivity contribution in [2.75, 3.05) is 0 Å².